The molecule has 3 heteroatoms. The topological polar surface area (TPSA) is 39.1 Å². The molecule has 0 aromatic rings. The summed E-state index contributed by atoms with van der Waals surface area (Å²) in [5.41, 5.74) is -0.284. The molecule has 2 saturated carbocycles. The van der Waals surface area contributed by atoms with Gasteiger partial charge in [0.2, 0.25) is 0 Å². The van der Waals surface area contributed by atoms with Crippen molar-refractivity contribution in [1.29, 1.82) is 5.26 Å². The third-order valence-electron chi connectivity index (χ3n) is 4.28. The second-order valence-corrected chi connectivity index (χ2v) is 5.88. The van der Waals surface area contributed by atoms with Crippen LogP contribution in [0.3, 0.4) is 0 Å². The Hall–Kier alpha value is -0.590. The number of nitrogens with zero attached hydrogens (tertiary/aromatic N) is 2. The van der Waals surface area contributed by atoms with Crippen LogP contribution in [-0.4, -0.2) is 37.1 Å². The molecule has 3 nitrogen and oxygen atoms in total. The van der Waals surface area contributed by atoms with Gasteiger partial charge in [-0.2, -0.15) is 5.26 Å². The van der Waals surface area contributed by atoms with Crippen molar-refractivity contribution in [3.8, 4) is 6.07 Å². The molecule has 2 fully saturated rings. The van der Waals surface area contributed by atoms with Gasteiger partial charge < -0.3 is 4.90 Å². The number of hydrogen-bond acceptors (Lipinski definition) is 3. The number of hydrogen-bond donors (Lipinski definition) is 1. The van der Waals surface area contributed by atoms with E-state index in [0.717, 1.165) is 19.0 Å². The predicted octanol–water partition coefficient (Wildman–Crippen LogP) is 2.00. The minimum absolute atomic E-state index is 0.284. The van der Waals surface area contributed by atoms with E-state index in [2.05, 4.69) is 30.3 Å². The van der Waals surface area contributed by atoms with E-state index in [-0.39, 0.29) is 5.54 Å². The van der Waals surface area contributed by atoms with E-state index in [1.807, 2.05) is 0 Å². The molecule has 0 aromatic heterocycles. The number of rotatable bonds is 7. The largest absolute Gasteiger partial charge is 0.303 e. The van der Waals surface area contributed by atoms with Gasteiger partial charge in [-0.25, -0.2) is 0 Å². The Morgan fingerprint density at radius 1 is 1.35 bits per heavy atom. The molecule has 0 aromatic carbocycles. The standard InChI is InChI=1S/C14H25N3/c1-3-16-14(10-15,13-7-8-13)11-17(2)9-12-5-4-6-12/h12-13,16H,3-9,11H2,1-2H3. The summed E-state index contributed by atoms with van der Waals surface area (Å²) in [6.45, 7) is 5.04. The molecular weight excluding hydrogens is 210 g/mol. The molecule has 2 rings (SSSR count). The zero-order valence-corrected chi connectivity index (χ0v) is 11.2. The summed E-state index contributed by atoms with van der Waals surface area (Å²) < 4.78 is 0. The molecule has 96 valence electrons. The van der Waals surface area contributed by atoms with Gasteiger partial charge in [0.15, 0.2) is 0 Å². The summed E-state index contributed by atoms with van der Waals surface area (Å²) >= 11 is 0. The van der Waals surface area contributed by atoms with Crippen LogP contribution in [0.15, 0.2) is 0 Å². The molecule has 2 aliphatic rings. The van der Waals surface area contributed by atoms with Gasteiger partial charge in [0.1, 0.15) is 5.54 Å². The van der Waals surface area contributed by atoms with E-state index in [9.17, 15) is 5.26 Å². The molecule has 0 aliphatic heterocycles. The van der Waals surface area contributed by atoms with Crippen LogP contribution < -0.4 is 5.32 Å². The summed E-state index contributed by atoms with van der Waals surface area (Å²) in [5.74, 6) is 1.47. The van der Waals surface area contributed by atoms with Crippen molar-refractivity contribution in [3.63, 3.8) is 0 Å². The van der Waals surface area contributed by atoms with Gasteiger partial charge in [-0.15, -0.1) is 0 Å². The first-order chi connectivity index (χ1) is 8.20. The lowest BCUT2D eigenvalue weighted by atomic mass is 9.84. The fourth-order valence-corrected chi connectivity index (χ4v) is 2.99. The first-order valence-electron chi connectivity index (χ1n) is 7.05. The van der Waals surface area contributed by atoms with Crippen molar-refractivity contribution in [3.05, 3.63) is 0 Å². The van der Waals surface area contributed by atoms with Gasteiger partial charge in [0.05, 0.1) is 6.07 Å². The highest BCUT2D eigenvalue weighted by molar-refractivity contribution is 5.16. The summed E-state index contributed by atoms with van der Waals surface area (Å²) in [5, 5.41) is 13.0. The molecule has 1 atom stereocenters. The SMILES string of the molecule is CCNC(C#N)(CN(C)CC1CCC1)C1CC1. The monoisotopic (exact) mass is 235 g/mol. The van der Waals surface area contributed by atoms with E-state index in [4.69, 9.17) is 0 Å². The van der Waals surface area contributed by atoms with Gasteiger partial charge in [-0.05, 0) is 51.1 Å². The van der Waals surface area contributed by atoms with Crippen molar-refractivity contribution in [1.82, 2.24) is 10.2 Å². The average Bonchev–Trinajstić information content (AvgIpc) is 3.07. The Kier molecular flexibility index (Phi) is 4.06. The first kappa shape index (κ1) is 12.9. The molecule has 0 radical (unpaired) electrons. The second kappa shape index (κ2) is 5.37. The average molecular weight is 235 g/mol. The van der Waals surface area contributed by atoms with Crippen LogP contribution in [0.25, 0.3) is 0 Å². The summed E-state index contributed by atoms with van der Waals surface area (Å²) in [6, 6.07) is 2.57. The van der Waals surface area contributed by atoms with E-state index in [1.165, 1.54) is 38.6 Å². The quantitative estimate of drug-likeness (QED) is 0.733. The van der Waals surface area contributed by atoms with Crippen molar-refractivity contribution in [2.75, 3.05) is 26.7 Å². The Morgan fingerprint density at radius 2 is 2.06 bits per heavy atom. The maximum atomic E-state index is 9.53. The molecule has 0 spiro atoms. The van der Waals surface area contributed by atoms with Crippen LogP contribution in [-0.2, 0) is 0 Å². The van der Waals surface area contributed by atoms with Crippen LogP contribution in [0, 0.1) is 23.2 Å². The van der Waals surface area contributed by atoms with Crippen LogP contribution >= 0.6 is 0 Å². The third kappa shape index (κ3) is 3.00. The lowest BCUT2D eigenvalue weighted by molar-refractivity contribution is 0.167. The Morgan fingerprint density at radius 3 is 2.47 bits per heavy atom. The molecule has 1 N–H and O–H groups in total. The molecule has 0 heterocycles. The Labute approximate surface area is 105 Å². The van der Waals surface area contributed by atoms with E-state index >= 15 is 0 Å². The fourth-order valence-electron chi connectivity index (χ4n) is 2.99. The molecule has 0 bridgehead atoms. The highest BCUT2D eigenvalue weighted by Crippen LogP contribution is 2.40. The third-order valence-corrected chi connectivity index (χ3v) is 4.28. The number of likely N-dealkylation sites (N-methyl/N-ethyl adjacent to an activating group) is 2. The zero-order valence-electron chi connectivity index (χ0n) is 11.2. The Bertz CT molecular complexity index is 288. The lowest BCUT2D eigenvalue weighted by Gasteiger charge is -2.36. The van der Waals surface area contributed by atoms with E-state index in [1.54, 1.807) is 0 Å². The minimum Gasteiger partial charge on any atom is -0.303 e. The minimum atomic E-state index is -0.284. The summed E-state index contributed by atoms with van der Waals surface area (Å²) in [6.07, 6.45) is 6.61. The maximum Gasteiger partial charge on any atom is 0.122 e. The van der Waals surface area contributed by atoms with Gasteiger partial charge >= 0.3 is 0 Å². The lowest BCUT2D eigenvalue weighted by Crippen LogP contribution is -2.54. The maximum absolute atomic E-state index is 9.53. The second-order valence-electron chi connectivity index (χ2n) is 5.88. The van der Waals surface area contributed by atoms with E-state index in [0.29, 0.717) is 5.92 Å². The smallest absolute Gasteiger partial charge is 0.122 e. The van der Waals surface area contributed by atoms with Gasteiger partial charge in [-0.3, -0.25) is 5.32 Å². The fraction of sp³-hybridized carbons (Fsp3) is 0.929. The molecule has 0 saturated heterocycles. The van der Waals surface area contributed by atoms with Crippen LogP contribution in [0.1, 0.15) is 39.0 Å². The number of nitrogens with one attached hydrogen (secondary N) is 1. The molecule has 1 unspecified atom stereocenters. The first-order valence-corrected chi connectivity index (χ1v) is 7.05. The van der Waals surface area contributed by atoms with Gasteiger partial charge in [0, 0.05) is 13.1 Å². The highest BCUT2D eigenvalue weighted by atomic mass is 15.2. The van der Waals surface area contributed by atoms with Crippen molar-refractivity contribution < 1.29 is 0 Å². The highest BCUT2D eigenvalue weighted by Gasteiger charge is 2.45. The number of nitriles is 1. The van der Waals surface area contributed by atoms with Crippen molar-refractivity contribution in [2.24, 2.45) is 11.8 Å². The molecule has 17 heavy (non-hydrogen) atoms. The summed E-state index contributed by atoms with van der Waals surface area (Å²) in [7, 11) is 2.17. The zero-order chi connectivity index (χ0) is 12.3. The van der Waals surface area contributed by atoms with Crippen LogP contribution in [0.2, 0.25) is 0 Å². The molecule has 0 amide bonds. The normalized spacial score (nSPS) is 24.1. The van der Waals surface area contributed by atoms with Gasteiger partial charge in [-0.1, -0.05) is 13.3 Å². The van der Waals surface area contributed by atoms with Crippen molar-refractivity contribution >= 4 is 0 Å². The van der Waals surface area contributed by atoms with Crippen LogP contribution in [0.5, 0.6) is 0 Å². The summed E-state index contributed by atoms with van der Waals surface area (Å²) in [4.78, 5) is 2.37. The van der Waals surface area contributed by atoms with Crippen LogP contribution in [0.4, 0.5) is 0 Å². The molecule has 2 aliphatic carbocycles. The van der Waals surface area contributed by atoms with Crippen molar-refractivity contribution in [2.45, 2.75) is 44.6 Å². The molecular formula is C14H25N3. The van der Waals surface area contributed by atoms with E-state index < -0.39 is 0 Å². The predicted molar refractivity (Wildman–Crippen MR) is 69.6 cm³/mol. The van der Waals surface area contributed by atoms with Gasteiger partial charge in [0.25, 0.3) is 0 Å². The Balaban J connectivity index is 1.89.